The third-order valence-electron chi connectivity index (χ3n) is 4.41. The maximum Gasteiger partial charge on any atom is 0.255 e. The molecule has 0 aliphatic carbocycles. The van der Waals surface area contributed by atoms with E-state index in [1.165, 1.54) is 7.11 Å². The van der Waals surface area contributed by atoms with Gasteiger partial charge in [-0.25, -0.2) is 4.99 Å². The van der Waals surface area contributed by atoms with Crippen molar-refractivity contribution in [1.82, 2.24) is 4.57 Å². The van der Waals surface area contributed by atoms with Crippen LogP contribution in [0.15, 0.2) is 78.4 Å². The number of hydrogen-bond donors (Lipinski definition) is 1. The summed E-state index contributed by atoms with van der Waals surface area (Å²) in [6, 6.07) is 18.2. The van der Waals surface area contributed by atoms with Crippen molar-refractivity contribution in [2.75, 3.05) is 19.5 Å². The summed E-state index contributed by atoms with van der Waals surface area (Å²) in [7, 11) is 5.00. The Bertz CT molecular complexity index is 1120. The summed E-state index contributed by atoms with van der Waals surface area (Å²) in [5.74, 6) is 0.785. The van der Waals surface area contributed by atoms with Crippen molar-refractivity contribution in [2.45, 2.75) is 0 Å². The predicted molar refractivity (Wildman–Crippen MR) is 114 cm³/mol. The van der Waals surface area contributed by atoms with Gasteiger partial charge in [0.25, 0.3) is 5.91 Å². The Morgan fingerprint density at radius 1 is 1.00 bits per heavy atom. The smallest absolute Gasteiger partial charge is 0.255 e. The molecule has 1 heterocycles. The van der Waals surface area contributed by atoms with Crippen molar-refractivity contribution in [3.63, 3.8) is 0 Å². The highest BCUT2D eigenvalue weighted by atomic mass is 16.5. The minimum absolute atomic E-state index is 0.267. The third kappa shape index (κ3) is 4.55. The normalized spacial score (nSPS) is 11.1. The molecule has 0 fully saturated rings. The van der Waals surface area contributed by atoms with E-state index in [0.29, 0.717) is 28.4 Å². The van der Waals surface area contributed by atoms with Crippen LogP contribution in [0.2, 0.25) is 0 Å². The molecule has 6 heteroatoms. The topological polar surface area (TPSA) is 64.9 Å². The second-order valence-corrected chi connectivity index (χ2v) is 6.30. The fourth-order valence-electron chi connectivity index (χ4n) is 2.84. The number of nitrogens with zero attached hydrogens (tertiary/aromatic N) is 2. The van der Waals surface area contributed by atoms with Gasteiger partial charge in [0.1, 0.15) is 5.49 Å². The maximum atomic E-state index is 12.8. The van der Waals surface area contributed by atoms with Crippen LogP contribution in [-0.4, -0.2) is 24.7 Å². The van der Waals surface area contributed by atoms with E-state index in [-0.39, 0.29) is 5.91 Å². The zero-order valence-electron chi connectivity index (χ0n) is 16.7. The van der Waals surface area contributed by atoms with Crippen molar-refractivity contribution in [3.05, 3.63) is 90.1 Å². The number of nitrogens with one attached hydrogen (secondary N) is 1. The van der Waals surface area contributed by atoms with Gasteiger partial charge in [0.05, 0.1) is 25.6 Å². The number of amides is 1. The molecule has 0 bridgehead atoms. The van der Waals surface area contributed by atoms with E-state index >= 15 is 0 Å². The first-order chi connectivity index (χ1) is 14.0. The van der Waals surface area contributed by atoms with Gasteiger partial charge in [-0.05, 0) is 36.4 Å². The number of aryl methyl sites for hydroxylation is 1. The number of para-hydroxylation sites is 1. The standard InChI is InChI=1S/C23H23N3O3/c1-16(24-22-11-7-8-14-26(22)2)18-9-5-6-10-19(18)25-23(27)17-12-13-20(28-3)21(15-17)29-4/h5-15H,1H2,2-4H3,(H,25,27). The fourth-order valence-corrected chi connectivity index (χ4v) is 2.84. The van der Waals surface area contributed by atoms with Gasteiger partial charge in [-0.1, -0.05) is 30.8 Å². The lowest BCUT2D eigenvalue weighted by atomic mass is 10.1. The highest BCUT2D eigenvalue weighted by Crippen LogP contribution is 2.29. The number of benzene rings is 2. The summed E-state index contributed by atoms with van der Waals surface area (Å²) in [6.45, 7) is 4.08. The van der Waals surface area contributed by atoms with E-state index < -0.39 is 0 Å². The quantitative estimate of drug-likeness (QED) is 0.696. The highest BCUT2D eigenvalue weighted by Gasteiger charge is 2.13. The maximum absolute atomic E-state index is 12.8. The zero-order valence-corrected chi connectivity index (χ0v) is 16.7. The largest absolute Gasteiger partial charge is 0.493 e. The van der Waals surface area contributed by atoms with E-state index in [4.69, 9.17) is 9.47 Å². The van der Waals surface area contributed by atoms with E-state index in [1.807, 2.05) is 60.3 Å². The second-order valence-electron chi connectivity index (χ2n) is 6.30. The first-order valence-electron chi connectivity index (χ1n) is 9.01. The van der Waals surface area contributed by atoms with Gasteiger partial charge in [0.15, 0.2) is 11.5 Å². The monoisotopic (exact) mass is 389 g/mol. The molecule has 0 aliphatic rings. The molecule has 1 amide bonds. The van der Waals surface area contributed by atoms with E-state index in [2.05, 4.69) is 16.9 Å². The zero-order chi connectivity index (χ0) is 20.8. The molecule has 6 nitrogen and oxygen atoms in total. The molecule has 0 saturated heterocycles. The molecule has 0 saturated carbocycles. The lowest BCUT2D eigenvalue weighted by molar-refractivity contribution is 0.102. The number of hydrogen-bond acceptors (Lipinski definition) is 4. The Morgan fingerprint density at radius 3 is 2.45 bits per heavy atom. The minimum atomic E-state index is -0.267. The van der Waals surface area contributed by atoms with E-state index in [0.717, 1.165) is 11.1 Å². The van der Waals surface area contributed by atoms with Gasteiger partial charge in [0.2, 0.25) is 0 Å². The summed E-state index contributed by atoms with van der Waals surface area (Å²) >= 11 is 0. The van der Waals surface area contributed by atoms with Crippen LogP contribution < -0.4 is 20.3 Å². The molecule has 3 rings (SSSR count). The number of aromatic nitrogens is 1. The van der Waals surface area contributed by atoms with Gasteiger partial charge in [-0.2, -0.15) is 0 Å². The Balaban J connectivity index is 1.90. The molecule has 3 aromatic rings. The molecule has 1 N–H and O–H groups in total. The average Bonchev–Trinajstić information content (AvgIpc) is 2.75. The molecule has 0 radical (unpaired) electrons. The number of carbonyl (C=O) groups excluding carboxylic acids is 1. The number of anilines is 1. The summed E-state index contributed by atoms with van der Waals surface area (Å²) < 4.78 is 12.4. The molecule has 148 valence electrons. The molecule has 2 aromatic carbocycles. The van der Waals surface area contributed by atoms with Gasteiger partial charge < -0.3 is 19.4 Å². The Hall–Kier alpha value is -3.80. The van der Waals surface area contributed by atoms with E-state index in [9.17, 15) is 4.79 Å². The van der Waals surface area contributed by atoms with Crippen LogP contribution in [0.5, 0.6) is 11.5 Å². The van der Waals surface area contributed by atoms with Crippen LogP contribution in [0.25, 0.3) is 5.70 Å². The Morgan fingerprint density at radius 2 is 1.72 bits per heavy atom. The number of rotatable bonds is 6. The lowest BCUT2D eigenvalue weighted by Gasteiger charge is -2.13. The summed E-state index contributed by atoms with van der Waals surface area (Å²) in [6.07, 6.45) is 1.91. The molecular weight excluding hydrogens is 366 g/mol. The average molecular weight is 389 g/mol. The summed E-state index contributed by atoms with van der Waals surface area (Å²) in [4.78, 5) is 17.4. The number of carbonyl (C=O) groups is 1. The van der Waals surface area contributed by atoms with Gasteiger partial charge >= 0.3 is 0 Å². The molecule has 0 aliphatic heterocycles. The molecule has 0 unspecified atom stereocenters. The van der Waals surface area contributed by atoms with Gasteiger partial charge in [-0.3, -0.25) is 4.79 Å². The van der Waals surface area contributed by atoms with Crippen molar-refractivity contribution >= 4 is 17.3 Å². The molecule has 0 spiro atoms. The molecular formula is C23H23N3O3. The van der Waals surface area contributed by atoms with Gasteiger partial charge in [-0.15, -0.1) is 0 Å². The number of pyridine rings is 1. The van der Waals surface area contributed by atoms with Crippen LogP contribution >= 0.6 is 0 Å². The molecule has 0 atom stereocenters. The summed E-state index contributed by atoms with van der Waals surface area (Å²) in [5, 5.41) is 2.93. The summed E-state index contributed by atoms with van der Waals surface area (Å²) in [5.41, 5.74) is 3.13. The van der Waals surface area contributed by atoms with Crippen molar-refractivity contribution in [1.29, 1.82) is 0 Å². The van der Waals surface area contributed by atoms with Crippen molar-refractivity contribution in [2.24, 2.45) is 12.0 Å². The molecule has 29 heavy (non-hydrogen) atoms. The van der Waals surface area contributed by atoms with Crippen molar-refractivity contribution in [3.8, 4) is 11.5 Å². The first kappa shape index (κ1) is 19.9. The Labute approximate surface area is 169 Å². The van der Waals surface area contributed by atoms with Crippen LogP contribution in [-0.2, 0) is 7.05 Å². The van der Waals surface area contributed by atoms with Crippen LogP contribution in [0.3, 0.4) is 0 Å². The molecule has 1 aromatic heterocycles. The predicted octanol–water partition coefficient (Wildman–Crippen LogP) is 3.87. The van der Waals surface area contributed by atoms with Gasteiger partial charge in [0, 0.05) is 24.4 Å². The van der Waals surface area contributed by atoms with Crippen molar-refractivity contribution < 1.29 is 14.3 Å². The van der Waals surface area contributed by atoms with Crippen LogP contribution in [0.4, 0.5) is 5.69 Å². The van der Waals surface area contributed by atoms with E-state index in [1.54, 1.807) is 25.3 Å². The van der Waals surface area contributed by atoms with Crippen LogP contribution in [0.1, 0.15) is 15.9 Å². The second kappa shape index (κ2) is 8.93. The fraction of sp³-hybridized carbons (Fsp3) is 0.130. The first-order valence-corrected chi connectivity index (χ1v) is 9.01. The number of methoxy groups -OCH3 is 2. The lowest BCUT2D eigenvalue weighted by Crippen LogP contribution is -2.16. The Kier molecular flexibility index (Phi) is 6.14. The highest BCUT2D eigenvalue weighted by molar-refractivity contribution is 6.06. The third-order valence-corrected chi connectivity index (χ3v) is 4.41. The SMILES string of the molecule is C=C(N=c1ccccn1C)c1ccccc1NC(=O)c1ccc(OC)c(OC)c1. The minimum Gasteiger partial charge on any atom is -0.493 e. The number of ether oxygens (including phenoxy) is 2. The van der Waals surface area contributed by atoms with Crippen LogP contribution in [0, 0.1) is 0 Å².